The van der Waals surface area contributed by atoms with Crippen LogP contribution in [0.2, 0.25) is 0 Å². The summed E-state index contributed by atoms with van der Waals surface area (Å²) in [6.07, 6.45) is 8.14. The van der Waals surface area contributed by atoms with Crippen molar-refractivity contribution >= 4 is 6.47 Å². The molecular formula is C16H23NO2. The van der Waals surface area contributed by atoms with Crippen LogP contribution < -0.4 is 0 Å². The van der Waals surface area contributed by atoms with E-state index in [9.17, 15) is 4.79 Å². The molecule has 2 aliphatic heterocycles. The summed E-state index contributed by atoms with van der Waals surface area (Å²) >= 11 is 0. The molecule has 0 bridgehead atoms. The fourth-order valence-corrected chi connectivity index (χ4v) is 4.16. The molecule has 3 heterocycles. The first-order chi connectivity index (χ1) is 9.31. The highest BCUT2D eigenvalue weighted by Crippen LogP contribution is 2.44. The number of ether oxygens (including phenoxy) is 1. The quantitative estimate of drug-likeness (QED) is 0.760. The van der Waals surface area contributed by atoms with Crippen molar-refractivity contribution in [2.24, 2.45) is 0 Å². The smallest absolute Gasteiger partial charge is 0.293 e. The standard InChI is InChI=1S/C16H23NO2/c1-3-12-13-7-5-6-11-8-9-14(17(11)13)16(12)15(4-2)19-10-18/h10-11,15H,3-9H2,1-2H3/t11-,15?/m1/s1. The summed E-state index contributed by atoms with van der Waals surface area (Å²) in [5, 5.41) is 0. The van der Waals surface area contributed by atoms with Crippen LogP contribution in [-0.2, 0) is 28.8 Å². The van der Waals surface area contributed by atoms with Crippen LogP contribution in [0.1, 0.15) is 74.2 Å². The van der Waals surface area contributed by atoms with Crippen LogP contribution in [0.15, 0.2) is 0 Å². The number of rotatable bonds is 5. The second kappa shape index (κ2) is 5.03. The van der Waals surface area contributed by atoms with Gasteiger partial charge in [-0.25, -0.2) is 0 Å². The summed E-state index contributed by atoms with van der Waals surface area (Å²) in [6.45, 7) is 4.94. The molecule has 3 heteroatoms. The van der Waals surface area contributed by atoms with Crippen molar-refractivity contribution in [1.29, 1.82) is 0 Å². The van der Waals surface area contributed by atoms with E-state index in [1.54, 1.807) is 0 Å². The van der Waals surface area contributed by atoms with E-state index in [0.29, 0.717) is 12.5 Å². The van der Waals surface area contributed by atoms with Crippen LogP contribution in [-0.4, -0.2) is 11.0 Å². The highest BCUT2D eigenvalue weighted by atomic mass is 16.5. The maximum Gasteiger partial charge on any atom is 0.293 e. The SMILES string of the molecule is CCc1c(C(CC)OC=O)c2n3c1CCC[C@@H]3CC2. The number of aromatic nitrogens is 1. The Bertz CT molecular complexity index is 486. The molecule has 2 aliphatic rings. The lowest BCUT2D eigenvalue weighted by atomic mass is 9.93. The van der Waals surface area contributed by atoms with Gasteiger partial charge >= 0.3 is 0 Å². The molecule has 104 valence electrons. The average Bonchev–Trinajstić information content (AvgIpc) is 2.99. The highest BCUT2D eigenvalue weighted by molar-refractivity contribution is 5.46. The third kappa shape index (κ3) is 1.82. The van der Waals surface area contributed by atoms with Crippen LogP contribution in [0.5, 0.6) is 0 Å². The summed E-state index contributed by atoms with van der Waals surface area (Å²) in [6, 6.07) is 0.714. The number of carbonyl (C=O) groups excluding carboxylic acids is 1. The lowest BCUT2D eigenvalue weighted by Crippen LogP contribution is -2.14. The van der Waals surface area contributed by atoms with Crippen molar-refractivity contribution in [3.8, 4) is 0 Å². The van der Waals surface area contributed by atoms with Gasteiger partial charge in [0.25, 0.3) is 6.47 Å². The minimum atomic E-state index is -0.0423. The van der Waals surface area contributed by atoms with E-state index in [-0.39, 0.29) is 6.10 Å². The number of hydrogen-bond acceptors (Lipinski definition) is 2. The Morgan fingerprint density at radius 3 is 2.84 bits per heavy atom. The molecule has 19 heavy (non-hydrogen) atoms. The van der Waals surface area contributed by atoms with Gasteiger partial charge in [-0.2, -0.15) is 0 Å². The first-order valence-corrected chi connectivity index (χ1v) is 7.65. The minimum Gasteiger partial charge on any atom is -0.460 e. The third-order valence-electron chi connectivity index (χ3n) is 4.86. The molecule has 1 unspecified atom stereocenters. The van der Waals surface area contributed by atoms with Gasteiger partial charge in [-0.15, -0.1) is 0 Å². The predicted molar refractivity (Wildman–Crippen MR) is 74.3 cm³/mol. The Labute approximate surface area is 114 Å². The summed E-state index contributed by atoms with van der Waals surface area (Å²) < 4.78 is 7.96. The van der Waals surface area contributed by atoms with Gasteiger partial charge in [0.15, 0.2) is 0 Å². The average molecular weight is 261 g/mol. The second-order valence-corrected chi connectivity index (χ2v) is 5.72. The summed E-state index contributed by atoms with van der Waals surface area (Å²) in [5.74, 6) is 0. The van der Waals surface area contributed by atoms with Gasteiger partial charge in [0.05, 0.1) is 0 Å². The van der Waals surface area contributed by atoms with Gasteiger partial charge < -0.3 is 9.30 Å². The van der Waals surface area contributed by atoms with Crippen molar-refractivity contribution in [1.82, 2.24) is 4.57 Å². The fourth-order valence-electron chi connectivity index (χ4n) is 4.16. The molecule has 0 fully saturated rings. The molecule has 0 amide bonds. The van der Waals surface area contributed by atoms with Crippen LogP contribution in [0.4, 0.5) is 0 Å². The topological polar surface area (TPSA) is 31.2 Å². The van der Waals surface area contributed by atoms with E-state index in [2.05, 4.69) is 18.4 Å². The third-order valence-corrected chi connectivity index (χ3v) is 4.86. The molecule has 0 aromatic carbocycles. The lowest BCUT2D eigenvalue weighted by molar-refractivity contribution is -0.134. The largest absolute Gasteiger partial charge is 0.460 e. The molecule has 1 aromatic rings. The zero-order chi connectivity index (χ0) is 13.4. The molecule has 0 radical (unpaired) electrons. The molecule has 0 saturated heterocycles. The second-order valence-electron chi connectivity index (χ2n) is 5.72. The Morgan fingerprint density at radius 2 is 2.16 bits per heavy atom. The van der Waals surface area contributed by atoms with Crippen LogP contribution in [0, 0.1) is 0 Å². The van der Waals surface area contributed by atoms with Gasteiger partial charge in [0, 0.05) is 23.0 Å². The Balaban J connectivity index is 2.13. The lowest BCUT2D eigenvalue weighted by Gasteiger charge is -2.23. The normalized spacial score (nSPS) is 22.1. The van der Waals surface area contributed by atoms with Crippen LogP contribution in [0.3, 0.4) is 0 Å². The molecule has 1 aromatic heterocycles. The Hall–Kier alpha value is -1.25. The molecule has 0 N–H and O–H groups in total. The molecule has 3 nitrogen and oxygen atoms in total. The van der Waals surface area contributed by atoms with E-state index in [1.807, 2.05) is 0 Å². The first-order valence-electron chi connectivity index (χ1n) is 7.65. The van der Waals surface area contributed by atoms with E-state index in [1.165, 1.54) is 48.2 Å². The van der Waals surface area contributed by atoms with E-state index >= 15 is 0 Å². The van der Waals surface area contributed by atoms with Gasteiger partial charge in [0.1, 0.15) is 6.10 Å². The molecule has 0 aliphatic carbocycles. The van der Waals surface area contributed by atoms with Gasteiger partial charge in [-0.3, -0.25) is 4.79 Å². The zero-order valence-corrected chi connectivity index (χ0v) is 11.9. The van der Waals surface area contributed by atoms with Gasteiger partial charge in [0.2, 0.25) is 0 Å². The monoisotopic (exact) mass is 261 g/mol. The fraction of sp³-hybridized carbons (Fsp3) is 0.688. The molecule has 0 saturated carbocycles. The highest BCUT2D eigenvalue weighted by Gasteiger charge is 2.35. The van der Waals surface area contributed by atoms with Crippen LogP contribution >= 0.6 is 0 Å². The minimum absolute atomic E-state index is 0.0423. The van der Waals surface area contributed by atoms with E-state index in [4.69, 9.17) is 4.74 Å². The van der Waals surface area contributed by atoms with Crippen molar-refractivity contribution < 1.29 is 9.53 Å². The summed E-state index contributed by atoms with van der Waals surface area (Å²) in [7, 11) is 0. The Morgan fingerprint density at radius 1 is 1.32 bits per heavy atom. The Kier molecular flexibility index (Phi) is 3.38. The first kappa shape index (κ1) is 12.8. The predicted octanol–water partition coefficient (Wildman–Crippen LogP) is 3.50. The van der Waals surface area contributed by atoms with Gasteiger partial charge in [-0.05, 0) is 50.5 Å². The maximum atomic E-state index is 10.8. The number of hydrogen-bond donors (Lipinski definition) is 0. The van der Waals surface area contributed by atoms with Crippen molar-refractivity contribution in [2.45, 2.75) is 70.9 Å². The molecule has 3 rings (SSSR count). The van der Waals surface area contributed by atoms with Crippen molar-refractivity contribution in [3.63, 3.8) is 0 Å². The van der Waals surface area contributed by atoms with Crippen molar-refractivity contribution in [3.05, 3.63) is 22.5 Å². The van der Waals surface area contributed by atoms with Gasteiger partial charge in [-0.1, -0.05) is 13.8 Å². The number of nitrogens with zero attached hydrogens (tertiary/aromatic N) is 1. The maximum absolute atomic E-state index is 10.8. The summed E-state index contributed by atoms with van der Waals surface area (Å²) in [4.78, 5) is 10.8. The molecule has 0 spiro atoms. The summed E-state index contributed by atoms with van der Waals surface area (Å²) in [5.41, 5.74) is 5.81. The molecule has 2 atom stereocenters. The molecular weight excluding hydrogens is 238 g/mol. The van der Waals surface area contributed by atoms with Crippen molar-refractivity contribution in [2.75, 3.05) is 0 Å². The van der Waals surface area contributed by atoms with E-state index < -0.39 is 0 Å². The number of carbonyl (C=O) groups is 1. The van der Waals surface area contributed by atoms with E-state index in [0.717, 1.165) is 19.3 Å². The van der Waals surface area contributed by atoms with Crippen LogP contribution in [0.25, 0.3) is 0 Å². The zero-order valence-electron chi connectivity index (χ0n) is 11.9.